The van der Waals surface area contributed by atoms with Crippen LogP contribution in [0, 0.1) is 71.5 Å². The second kappa shape index (κ2) is 9.47. The number of nitro benzene ring substituents is 1. The molecular formula is C16H17F2N3O3U. The summed E-state index contributed by atoms with van der Waals surface area (Å²) in [4.78, 5) is 10.4. The molecule has 0 amide bonds. The van der Waals surface area contributed by atoms with Gasteiger partial charge in [-0.1, -0.05) is 0 Å². The summed E-state index contributed by atoms with van der Waals surface area (Å²) >= 11 is 0. The predicted molar refractivity (Wildman–Crippen MR) is 83.1 cm³/mol. The number of ether oxygens (including phenoxy) is 1. The fraction of sp³-hybridized carbons (Fsp3) is 0.438. The summed E-state index contributed by atoms with van der Waals surface area (Å²) in [5.74, 6) is -3.93. The average molecular weight is 575 g/mol. The monoisotopic (exact) mass is 575 g/mol. The van der Waals surface area contributed by atoms with Crippen molar-refractivity contribution in [2.75, 3.05) is 18.5 Å². The van der Waals surface area contributed by atoms with Gasteiger partial charge in [0.25, 0.3) is 5.69 Å². The van der Waals surface area contributed by atoms with Crippen molar-refractivity contribution in [3.8, 4) is 6.07 Å². The zero-order valence-electron chi connectivity index (χ0n) is 13.4. The van der Waals surface area contributed by atoms with Crippen LogP contribution in [0.25, 0.3) is 0 Å². The Morgan fingerprint density at radius 3 is 2.88 bits per heavy atom. The summed E-state index contributed by atoms with van der Waals surface area (Å²) in [5.41, 5.74) is 0.0116. The molecule has 1 aromatic rings. The first-order chi connectivity index (χ1) is 11.4. The number of hydrogen-bond donors (Lipinski definition) is 1. The smallest absolute Gasteiger partial charge is 0.575 e. The van der Waals surface area contributed by atoms with Crippen molar-refractivity contribution in [3.63, 3.8) is 0 Å². The molecule has 132 valence electrons. The van der Waals surface area contributed by atoms with Crippen molar-refractivity contribution in [3.05, 3.63) is 46.9 Å². The van der Waals surface area contributed by atoms with Gasteiger partial charge in [0.15, 0.2) is 0 Å². The second-order valence-electron chi connectivity index (χ2n) is 5.53. The number of alkyl halides is 2. The fourth-order valence-corrected chi connectivity index (χ4v) is 2.67. The van der Waals surface area contributed by atoms with Crippen molar-refractivity contribution < 1.29 is 49.6 Å². The van der Waals surface area contributed by atoms with E-state index in [0.717, 1.165) is 0 Å². The van der Waals surface area contributed by atoms with E-state index in [1.54, 1.807) is 0 Å². The first kappa shape index (κ1) is 21.8. The van der Waals surface area contributed by atoms with Gasteiger partial charge in [0.05, 0.1) is 16.6 Å². The molecule has 1 fully saturated rings. The van der Waals surface area contributed by atoms with E-state index in [0.29, 0.717) is 6.10 Å². The van der Waals surface area contributed by atoms with Crippen LogP contribution in [0.1, 0.15) is 24.8 Å². The van der Waals surface area contributed by atoms with Crippen LogP contribution in [-0.4, -0.2) is 24.0 Å². The largest absolute Gasteiger partial charge is 2.00 e. The van der Waals surface area contributed by atoms with Crippen LogP contribution in [0.2, 0.25) is 0 Å². The molecule has 0 radical (unpaired) electrons. The van der Waals surface area contributed by atoms with E-state index in [4.69, 9.17) is 10.00 Å². The van der Waals surface area contributed by atoms with Gasteiger partial charge in [0, 0.05) is 18.5 Å². The normalized spacial score (nSPS) is 19.5. The molecule has 1 unspecified atom stereocenters. The van der Waals surface area contributed by atoms with Crippen LogP contribution in [0.15, 0.2) is 18.2 Å². The van der Waals surface area contributed by atoms with Crippen molar-refractivity contribution in [1.29, 1.82) is 5.26 Å². The molecule has 0 heterocycles. The van der Waals surface area contributed by atoms with E-state index in [1.807, 2.05) is 6.07 Å². The number of anilines is 1. The molecule has 0 bridgehead atoms. The number of nitrogens with zero attached hydrogens (tertiary/aromatic N) is 2. The number of nitrogens with one attached hydrogen (secondary N) is 1. The van der Waals surface area contributed by atoms with Gasteiger partial charge < -0.3 is 17.0 Å². The minimum absolute atomic E-state index is 0. The van der Waals surface area contributed by atoms with Crippen LogP contribution >= 0.6 is 0 Å². The molecule has 1 atom stereocenters. The van der Waals surface area contributed by atoms with E-state index in [2.05, 4.69) is 12.2 Å². The molecule has 1 saturated carbocycles. The van der Waals surface area contributed by atoms with Gasteiger partial charge in [-0.25, -0.2) is 8.78 Å². The zero-order valence-corrected chi connectivity index (χ0v) is 17.6. The fourth-order valence-electron chi connectivity index (χ4n) is 2.67. The molecule has 2 rings (SSSR count). The van der Waals surface area contributed by atoms with Crippen molar-refractivity contribution in [2.24, 2.45) is 5.92 Å². The molecule has 25 heavy (non-hydrogen) atoms. The summed E-state index contributed by atoms with van der Waals surface area (Å²) in [6, 6.07) is 5.65. The van der Waals surface area contributed by atoms with Gasteiger partial charge in [-0.3, -0.25) is 10.1 Å². The molecule has 1 aliphatic rings. The maximum Gasteiger partial charge on any atom is 2.00 e. The van der Waals surface area contributed by atoms with Crippen molar-refractivity contribution in [1.82, 2.24) is 0 Å². The molecule has 1 N–H and O–H groups in total. The number of hydrogen-bond acceptors (Lipinski definition) is 5. The van der Waals surface area contributed by atoms with Gasteiger partial charge in [0.1, 0.15) is 5.69 Å². The number of nitro groups is 1. The maximum absolute atomic E-state index is 14.1. The quantitative estimate of drug-likeness (QED) is 0.318. The second-order valence-corrected chi connectivity index (χ2v) is 5.53. The first-order valence-corrected chi connectivity index (χ1v) is 7.44. The van der Waals surface area contributed by atoms with Crippen LogP contribution < -0.4 is 5.32 Å². The summed E-state index contributed by atoms with van der Waals surface area (Å²) in [5, 5.41) is 22.6. The Hall–Kier alpha value is -1.22. The number of halogens is 2. The van der Waals surface area contributed by atoms with Gasteiger partial charge in [0.2, 0.25) is 5.92 Å². The standard InChI is InChI=1S/C16H17F2N3O3.U/c1-2-24-13-5-6-16(17,18)12(8-13)10-20-14-7-11(9-19)3-4-15(14)21(22)23;/h3-4,7,12,20H,1-2,5-6,8,10H2;/q-2;+2. The third-order valence-corrected chi connectivity index (χ3v) is 3.98. The molecule has 0 saturated heterocycles. The Morgan fingerprint density at radius 1 is 1.56 bits per heavy atom. The number of benzene rings is 1. The van der Waals surface area contributed by atoms with E-state index < -0.39 is 16.8 Å². The van der Waals surface area contributed by atoms with Gasteiger partial charge in [-0.15, -0.1) is 19.4 Å². The third-order valence-electron chi connectivity index (χ3n) is 3.98. The zero-order chi connectivity index (χ0) is 17.7. The minimum atomic E-state index is -2.89. The van der Waals surface area contributed by atoms with Crippen LogP contribution in [0.5, 0.6) is 0 Å². The summed E-state index contributed by atoms with van der Waals surface area (Å²) < 4.78 is 33.4. The first-order valence-electron chi connectivity index (χ1n) is 7.44. The Morgan fingerprint density at radius 2 is 2.28 bits per heavy atom. The van der Waals surface area contributed by atoms with E-state index in [1.165, 1.54) is 18.2 Å². The van der Waals surface area contributed by atoms with Crippen LogP contribution in [0.4, 0.5) is 20.2 Å². The Bertz CT molecular complexity index is 652. The summed E-state index contributed by atoms with van der Waals surface area (Å²) in [6.07, 6.45) is 0.502. The Labute approximate surface area is 168 Å². The minimum Gasteiger partial charge on any atom is -0.575 e. The molecule has 0 aromatic heterocycles. The molecule has 6 nitrogen and oxygen atoms in total. The van der Waals surface area contributed by atoms with E-state index in [9.17, 15) is 18.9 Å². The molecular weight excluding hydrogens is 558 g/mol. The molecule has 0 aliphatic heterocycles. The maximum atomic E-state index is 14.1. The van der Waals surface area contributed by atoms with Gasteiger partial charge in [-0.05, 0) is 18.6 Å². The average Bonchev–Trinajstić information content (AvgIpc) is 2.55. The number of rotatable bonds is 6. The predicted octanol–water partition coefficient (Wildman–Crippen LogP) is 3.70. The molecule has 1 aromatic carbocycles. The summed E-state index contributed by atoms with van der Waals surface area (Å²) in [6.45, 7) is 3.55. The van der Waals surface area contributed by atoms with E-state index >= 15 is 0 Å². The summed E-state index contributed by atoms with van der Waals surface area (Å²) in [7, 11) is 0. The van der Waals surface area contributed by atoms with Crippen LogP contribution in [0.3, 0.4) is 0 Å². The van der Waals surface area contributed by atoms with Crippen LogP contribution in [-0.2, 0) is 4.74 Å². The van der Waals surface area contributed by atoms with Crippen molar-refractivity contribution in [2.45, 2.75) is 25.2 Å². The van der Waals surface area contributed by atoms with Gasteiger partial charge in [-0.2, -0.15) is 11.4 Å². The molecule has 9 heteroatoms. The number of nitriles is 1. The molecule has 0 spiro atoms. The Kier molecular flexibility index (Phi) is 8.27. The SMILES string of the molecule is [CH2-]CO[C-]1CCC(F)(F)C(CNc2cc(C#N)ccc2[N+](=O)[O-])C1.[U+2]. The van der Waals surface area contributed by atoms with Crippen molar-refractivity contribution >= 4 is 11.4 Å². The Balaban J connectivity index is 0.00000312. The molecule has 1 aliphatic carbocycles. The third kappa shape index (κ3) is 5.64. The van der Waals surface area contributed by atoms with E-state index in [-0.39, 0.29) is 80.5 Å². The van der Waals surface area contributed by atoms with Gasteiger partial charge >= 0.3 is 31.1 Å². The topological polar surface area (TPSA) is 88.2 Å².